The first kappa shape index (κ1) is 13.2. The van der Waals surface area contributed by atoms with Crippen molar-refractivity contribution in [3.8, 4) is 0 Å². The molecule has 0 heterocycles. The van der Waals surface area contributed by atoms with Gasteiger partial charge in [0, 0.05) is 6.04 Å². The van der Waals surface area contributed by atoms with Crippen molar-refractivity contribution in [1.82, 2.24) is 5.32 Å². The van der Waals surface area contributed by atoms with Crippen LogP contribution in [0.2, 0.25) is 0 Å². The van der Waals surface area contributed by atoms with Gasteiger partial charge in [0.05, 0.1) is 7.11 Å². The first-order valence-corrected chi connectivity index (χ1v) is 4.08. The maximum Gasteiger partial charge on any atom is 0.417 e. The number of nitrogens with one attached hydrogen (secondary N) is 1. The van der Waals surface area contributed by atoms with Crippen molar-refractivity contribution in [2.75, 3.05) is 7.11 Å². The Hall–Kier alpha value is -0.780. The lowest BCUT2D eigenvalue weighted by Crippen LogP contribution is -2.62. The van der Waals surface area contributed by atoms with Crippen LogP contribution in [0.15, 0.2) is 0 Å². The molecule has 3 nitrogen and oxygen atoms in total. The number of carbonyl (C=O) groups excluding carboxylic acids is 1. The van der Waals surface area contributed by atoms with Crippen molar-refractivity contribution in [2.24, 2.45) is 0 Å². The molecule has 0 aliphatic rings. The summed E-state index contributed by atoms with van der Waals surface area (Å²) >= 11 is 0. The molecular formula is C8H14F3NO2. The summed E-state index contributed by atoms with van der Waals surface area (Å²) in [6.45, 7) is 3.80. The third kappa shape index (κ3) is 2.60. The second-order valence-corrected chi connectivity index (χ2v) is 3.41. The second-order valence-electron chi connectivity index (χ2n) is 3.41. The van der Waals surface area contributed by atoms with Gasteiger partial charge in [-0.2, -0.15) is 13.2 Å². The highest BCUT2D eigenvalue weighted by atomic mass is 19.4. The van der Waals surface area contributed by atoms with E-state index in [1.807, 2.05) is 0 Å². The van der Waals surface area contributed by atoms with Crippen LogP contribution < -0.4 is 5.32 Å². The number of carbonyl (C=O) groups is 1. The van der Waals surface area contributed by atoms with Crippen molar-refractivity contribution in [1.29, 1.82) is 0 Å². The average Bonchev–Trinajstić information content (AvgIpc) is 1.99. The van der Waals surface area contributed by atoms with Crippen LogP contribution in [-0.4, -0.2) is 30.8 Å². The molecule has 6 heteroatoms. The average molecular weight is 213 g/mol. The van der Waals surface area contributed by atoms with Gasteiger partial charge in [-0.05, 0) is 20.8 Å². The van der Waals surface area contributed by atoms with E-state index in [1.165, 1.54) is 13.8 Å². The first-order valence-electron chi connectivity index (χ1n) is 4.08. The molecule has 0 spiro atoms. The number of ether oxygens (including phenoxy) is 1. The number of alkyl halides is 3. The summed E-state index contributed by atoms with van der Waals surface area (Å²) in [4.78, 5) is 11.0. The minimum absolute atomic E-state index is 0.472. The number of hydrogen-bond donors (Lipinski definition) is 1. The zero-order valence-corrected chi connectivity index (χ0v) is 8.53. The fourth-order valence-corrected chi connectivity index (χ4v) is 1.04. The van der Waals surface area contributed by atoms with E-state index in [4.69, 9.17) is 0 Å². The van der Waals surface area contributed by atoms with Gasteiger partial charge in [-0.1, -0.05) is 0 Å². The molecule has 0 aromatic carbocycles. The van der Waals surface area contributed by atoms with Crippen molar-refractivity contribution in [2.45, 2.75) is 38.5 Å². The quantitative estimate of drug-likeness (QED) is 0.721. The number of hydrogen-bond acceptors (Lipinski definition) is 3. The van der Waals surface area contributed by atoms with Gasteiger partial charge in [-0.25, -0.2) is 4.79 Å². The molecule has 0 amide bonds. The minimum atomic E-state index is -4.68. The van der Waals surface area contributed by atoms with Crippen molar-refractivity contribution in [3.63, 3.8) is 0 Å². The second kappa shape index (κ2) is 4.16. The monoisotopic (exact) mass is 213 g/mol. The maximum atomic E-state index is 12.5. The Morgan fingerprint density at radius 2 is 1.79 bits per heavy atom. The number of halogens is 3. The molecule has 0 bridgehead atoms. The predicted octanol–water partition coefficient (Wildman–Crippen LogP) is 1.48. The normalized spacial score (nSPS) is 16.6. The summed E-state index contributed by atoms with van der Waals surface area (Å²) in [5.41, 5.74) is -2.64. The third-order valence-electron chi connectivity index (χ3n) is 1.74. The van der Waals surface area contributed by atoms with Crippen molar-refractivity contribution >= 4 is 5.97 Å². The van der Waals surface area contributed by atoms with E-state index in [-0.39, 0.29) is 0 Å². The predicted molar refractivity (Wildman–Crippen MR) is 44.7 cm³/mol. The molecule has 0 aliphatic heterocycles. The van der Waals surface area contributed by atoms with Crippen LogP contribution in [0.4, 0.5) is 13.2 Å². The van der Waals surface area contributed by atoms with Crippen molar-refractivity contribution in [3.05, 3.63) is 0 Å². The lowest BCUT2D eigenvalue weighted by atomic mass is 10.0. The molecule has 1 unspecified atom stereocenters. The Kier molecular flexibility index (Phi) is 3.93. The van der Waals surface area contributed by atoms with Crippen LogP contribution in [-0.2, 0) is 9.53 Å². The minimum Gasteiger partial charge on any atom is -0.467 e. The van der Waals surface area contributed by atoms with E-state index >= 15 is 0 Å². The van der Waals surface area contributed by atoms with Gasteiger partial charge < -0.3 is 4.74 Å². The van der Waals surface area contributed by atoms with Crippen LogP contribution in [0.3, 0.4) is 0 Å². The van der Waals surface area contributed by atoms with Crippen LogP contribution in [0.1, 0.15) is 20.8 Å². The summed E-state index contributed by atoms with van der Waals surface area (Å²) in [6, 6.07) is -0.472. The van der Waals surface area contributed by atoms with Gasteiger partial charge in [0.1, 0.15) is 0 Å². The third-order valence-corrected chi connectivity index (χ3v) is 1.74. The molecule has 14 heavy (non-hydrogen) atoms. The van der Waals surface area contributed by atoms with Gasteiger partial charge in [0.15, 0.2) is 0 Å². The van der Waals surface area contributed by atoms with Gasteiger partial charge >= 0.3 is 12.1 Å². The Balaban J connectivity index is 4.96. The Morgan fingerprint density at radius 3 is 2.00 bits per heavy atom. The Bertz CT molecular complexity index is 215. The number of esters is 1. The highest BCUT2D eigenvalue weighted by molar-refractivity contribution is 5.81. The number of methoxy groups -OCH3 is 1. The lowest BCUT2D eigenvalue weighted by molar-refractivity contribution is -0.209. The summed E-state index contributed by atoms with van der Waals surface area (Å²) in [6.07, 6.45) is -4.68. The molecule has 1 N–H and O–H groups in total. The molecule has 0 saturated carbocycles. The summed E-state index contributed by atoms with van der Waals surface area (Å²) in [7, 11) is 0.925. The molecule has 84 valence electrons. The van der Waals surface area contributed by atoms with E-state index in [0.717, 1.165) is 14.0 Å². The van der Waals surface area contributed by atoms with Crippen LogP contribution >= 0.6 is 0 Å². The first-order chi connectivity index (χ1) is 6.15. The lowest BCUT2D eigenvalue weighted by Gasteiger charge is -2.31. The maximum absolute atomic E-state index is 12.5. The largest absolute Gasteiger partial charge is 0.467 e. The summed E-state index contributed by atoms with van der Waals surface area (Å²) in [5, 5.41) is 2.15. The smallest absolute Gasteiger partial charge is 0.417 e. The molecule has 0 rings (SSSR count). The van der Waals surface area contributed by atoms with Crippen LogP contribution in [0.25, 0.3) is 0 Å². The Morgan fingerprint density at radius 1 is 1.36 bits per heavy atom. The molecular weight excluding hydrogens is 199 g/mol. The molecule has 0 aromatic heterocycles. The molecule has 0 aliphatic carbocycles. The Labute approximate surface area is 80.6 Å². The highest BCUT2D eigenvalue weighted by Crippen LogP contribution is 2.31. The van der Waals surface area contributed by atoms with E-state index in [1.54, 1.807) is 0 Å². The highest BCUT2D eigenvalue weighted by Gasteiger charge is 2.58. The van der Waals surface area contributed by atoms with Crippen LogP contribution in [0.5, 0.6) is 0 Å². The standard InChI is InChI=1S/C8H14F3NO2/c1-5(2)12-7(3,6(13)14-4)8(9,10)11/h5,12H,1-4H3. The zero-order valence-electron chi connectivity index (χ0n) is 8.53. The molecule has 0 aromatic rings. The van der Waals surface area contributed by atoms with E-state index in [9.17, 15) is 18.0 Å². The van der Waals surface area contributed by atoms with E-state index in [2.05, 4.69) is 10.1 Å². The van der Waals surface area contributed by atoms with E-state index in [0.29, 0.717) is 0 Å². The molecule has 0 saturated heterocycles. The van der Waals surface area contributed by atoms with Gasteiger partial charge in [0.25, 0.3) is 0 Å². The van der Waals surface area contributed by atoms with Crippen LogP contribution in [0, 0.1) is 0 Å². The molecule has 0 fully saturated rings. The van der Waals surface area contributed by atoms with E-state index < -0.39 is 23.7 Å². The van der Waals surface area contributed by atoms with Crippen molar-refractivity contribution < 1.29 is 22.7 Å². The number of rotatable bonds is 3. The SMILES string of the molecule is COC(=O)C(C)(NC(C)C)C(F)(F)F. The topological polar surface area (TPSA) is 38.3 Å². The molecule has 1 atom stereocenters. The molecule has 0 radical (unpaired) electrons. The summed E-state index contributed by atoms with van der Waals surface area (Å²) in [5.74, 6) is -1.33. The zero-order chi connectivity index (χ0) is 11.6. The summed E-state index contributed by atoms with van der Waals surface area (Å²) < 4.78 is 41.7. The fourth-order valence-electron chi connectivity index (χ4n) is 1.04. The van der Waals surface area contributed by atoms with Gasteiger partial charge in [-0.15, -0.1) is 0 Å². The fraction of sp³-hybridized carbons (Fsp3) is 0.875. The van der Waals surface area contributed by atoms with Gasteiger partial charge in [-0.3, -0.25) is 5.32 Å². The van der Waals surface area contributed by atoms with Gasteiger partial charge in [0.2, 0.25) is 5.54 Å².